The summed E-state index contributed by atoms with van der Waals surface area (Å²) < 4.78 is 38.2. The molecular formula is C21H22N4O5S. The third-order valence-electron chi connectivity index (χ3n) is 5.09. The van der Waals surface area contributed by atoms with Crippen LogP contribution >= 0.6 is 0 Å². The molecule has 0 fully saturated rings. The van der Waals surface area contributed by atoms with E-state index in [1.54, 1.807) is 55.3 Å². The van der Waals surface area contributed by atoms with E-state index in [9.17, 15) is 13.2 Å². The Kier molecular flexibility index (Phi) is 5.75. The molecule has 2 aromatic carbocycles. The van der Waals surface area contributed by atoms with Gasteiger partial charge in [0.05, 0.1) is 18.6 Å². The molecule has 0 bridgehead atoms. The molecule has 0 unspecified atom stereocenters. The molecule has 9 nitrogen and oxygen atoms in total. The minimum atomic E-state index is -3.79. The second-order valence-corrected chi connectivity index (χ2v) is 8.77. The molecule has 3 aromatic rings. The highest BCUT2D eigenvalue weighted by Gasteiger charge is 2.26. The van der Waals surface area contributed by atoms with Gasteiger partial charge in [0.25, 0.3) is 0 Å². The molecular weight excluding hydrogens is 420 g/mol. The van der Waals surface area contributed by atoms with Crippen LogP contribution in [0.3, 0.4) is 0 Å². The highest BCUT2D eigenvalue weighted by molar-refractivity contribution is 7.89. The molecule has 0 radical (unpaired) electrons. The molecule has 0 spiro atoms. The first-order valence-electron chi connectivity index (χ1n) is 9.81. The van der Waals surface area contributed by atoms with E-state index in [-0.39, 0.29) is 23.2 Å². The number of nitrogens with one attached hydrogen (secondary N) is 1. The molecule has 31 heavy (non-hydrogen) atoms. The lowest BCUT2D eigenvalue weighted by Crippen LogP contribution is -2.27. The maximum absolute atomic E-state index is 12.7. The first-order chi connectivity index (χ1) is 14.9. The van der Waals surface area contributed by atoms with Crippen LogP contribution in [0.15, 0.2) is 51.9 Å². The van der Waals surface area contributed by atoms with Gasteiger partial charge in [-0.05, 0) is 54.4 Å². The number of benzene rings is 2. The summed E-state index contributed by atoms with van der Waals surface area (Å²) in [6.45, 7) is 2.23. The summed E-state index contributed by atoms with van der Waals surface area (Å²) in [4.78, 5) is 18.1. The molecule has 0 saturated heterocycles. The van der Waals surface area contributed by atoms with E-state index in [0.29, 0.717) is 31.0 Å². The number of rotatable bonds is 7. The van der Waals surface area contributed by atoms with Gasteiger partial charge in [0.15, 0.2) is 0 Å². The van der Waals surface area contributed by atoms with Crippen LogP contribution in [-0.4, -0.2) is 38.1 Å². The highest BCUT2D eigenvalue weighted by atomic mass is 32.2. The van der Waals surface area contributed by atoms with Gasteiger partial charge < -0.3 is 14.2 Å². The number of fused-ring (bicyclic) bond motifs is 1. The largest absolute Gasteiger partial charge is 0.497 e. The number of hydrogen-bond acceptors (Lipinski definition) is 7. The Morgan fingerprint density at radius 3 is 2.71 bits per heavy atom. The van der Waals surface area contributed by atoms with Crippen LogP contribution in [0.5, 0.6) is 5.75 Å². The van der Waals surface area contributed by atoms with Crippen molar-refractivity contribution in [1.29, 1.82) is 0 Å². The second kappa shape index (κ2) is 8.48. The van der Waals surface area contributed by atoms with E-state index < -0.39 is 10.0 Å². The molecule has 1 N–H and O–H groups in total. The van der Waals surface area contributed by atoms with E-state index in [1.165, 1.54) is 6.07 Å². The average molecular weight is 442 g/mol. The van der Waals surface area contributed by atoms with E-state index in [4.69, 9.17) is 9.26 Å². The van der Waals surface area contributed by atoms with Gasteiger partial charge in [0.2, 0.25) is 27.6 Å². The molecule has 162 valence electrons. The minimum Gasteiger partial charge on any atom is -0.497 e. The number of anilines is 1. The fraction of sp³-hybridized carbons (Fsp3) is 0.286. The number of nitrogens with zero attached hydrogens (tertiary/aromatic N) is 3. The van der Waals surface area contributed by atoms with E-state index in [2.05, 4.69) is 14.9 Å². The Labute approximate surface area is 180 Å². The van der Waals surface area contributed by atoms with Gasteiger partial charge in [0, 0.05) is 24.2 Å². The number of carbonyl (C=O) groups is 1. The smallest absolute Gasteiger partial charge is 0.242 e. The number of ether oxygens (including phenoxy) is 1. The zero-order valence-corrected chi connectivity index (χ0v) is 18.0. The Morgan fingerprint density at radius 1 is 1.23 bits per heavy atom. The van der Waals surface area contributed by atoms with Gasteiger partial charge in [0.1, 0.15) is 5.75 Å². The Morgan fingerprint density at radius 2 is 2.00 bits per heavy atom. The maximum Gasteiger partial charge on any atom is 0.242 e. The second-order valence-electron chi connectivity index (χ2n) is 7.00. The first kappa shape index (κ1) is 21.0. The maximum atomic E-state index is 12.7. The Hall–Kier alpha value is -3.24. The first-order valence-corrected chi connectivity index (χ1v) is 11.3. The number of carbonyl (C=O) groups excluding carboxylic acids is 1. The van der Waals surface area contributed by atoms with Gasteiger partial charge in [-0.2, -0.15) is 4.98 Å². The van der Waals surface area contributed by atoms with Gasteiger partial charge >= 0.3 is 0 Å². The predicted molar refractivity (Wildman–Crippen MR) is 113 cm³/mol. The van der Waals surface area contributed by atoms with E-state index in [0.717, 1.165) is 16.8 Å². The quantitative estimate of drug-likeness (QED) is 0.598. The molecule has 0 saturated carbocycles. The molecule has 1 amide bonds. The molecule has 1 aliphatic heterocycles. The number of hydrogen-bond donors (Lipinski definition) is 1. The van der Waals surface area contributed by atoms with Crippen LogP contribution in [0.25, 0.3) is 11.4 Å². The Bertz CT molecular complexity index is 1200. The average Bonchev–Trinajstić information content (AvgIpc) is 3.44. The topological polar surface area (TPSA) is 115 Å². The summed E-state index contributed by atoms with van der Waals surface area (Å²) in [7, 11) is -2.21. The van der Waals surface area contributed by atoms with Crippen molar-refractivity contribution in [3.05, 3.63) is 53.9 Å². The molecule has 0 aliphatic carbocycles. The van der Waals surface area contributed by atoms with Crippen molar-refractivity contribution in [2.45, 2.75) is 31.2 Å². The third kappa shape index (κ3) is 4.30. The molecule has 0 atom stereocenters. The van der Waals surface area contributed by atoms with Crippen LogP contribution in [-0.2, 0) is 27.8 Å². The van der Waals surface area contributed by atoms with Crippen LogP contribution < -0.4 is 14.4 Å². The summed E-state index contributed by atoms with van der Waals surface area (Å²) in [5.41, 5.74) is 2.33. The summed E-state index contributed by atoms with van der Waals surface area (Å²) in [6.07, 6.45) is 1.03. The van der Waals surface area contributed by atoms with E-state index >= 15 is 0 Å². The normalized spacial score (nSPS) is 13.3. The molecule has 2 heterocycles. The van der Waals surface area contributed by atoms with Crippen LogP contribution in [0.2, 0.25) is 0 Å². The lowest BCUT2D eigenvalue weighted by Gasteiger charge is -2.16. The third-order valence-corrected chi connectivity index (χ3v) is 6.49. The van der Waals surface area contributed by atoms with Crippen molar-refractivity contribution >= 4 is 21.6 Å². The Balaban J connectivity index is 1.45. The van der Waals surface area contributed by atoms with Crippen molar-refractivity contribution in [2.75, 3.05) is 18.6 Å². The predicted octanol–water partition coefficient (Wildman–Crippen LogP) is 2.52. The fourth-order valence-corrected chi connectivity index (χ4v) is 4.44. The van der Waals surface area contributed by atoms with Crippen LogP contribution in [0.1, 0.15) is 24.8 Å². The van der Waals surface area contributed by atoms with Crippen LogP contribution in [0, 0.1) is 0 Å². The molecule has 4 rings (SSSR count). The van der Waals surface area contributed by atoms with Crippen LogP contribution in [0.4, 0.5) is 5.69 Å². The summed E-state index contributed by atoms with van der Waals surface area (Å²) in [5.74, 6) is 1.23. The monoisotopic (exact) mass is 442 g/mol. The summed E-state index contributed by atoms with van der Waals surface area (Å²) in [5, 5.41) is 3.90. The molecule has 1 aliphatic rings. The number of aromatic nitrogens is 2. The van der Waals surface area contributed by atoms with Crippen molar-refractivity contribution in [3.8, 4) is 17.1 Å². The zero-order chi connectivity index (χ0) is 22.0. The minimum absolute atomic E-state index is 0.0246. The zero-order valence-electron chi connectivity index (χ0n) is 17.2. The lowest BCUT2D eigenvalue weighted by atomic mass is 10.2. The van der Waals surface area contributed by atoms with E-state index in [1.807, 2.05) is 0 Å². The van der Waals surface area contributed by atoms with Gasteiger partial charge in [-0.15, -0.1) is 0 Å². The lowest BCUT2D eigenvalue weighted by molar-refractivity contribution is -0.118. The summed E-state index contributed by atoms with van der Waals surface area (Å²) >= 11 is 0. The van der Waals surface area contributed by atoms with Crippen molar-refractivity contribution in [1.82, 2.24) is 14.9 Å². The van der Waals surface area contributed by atoms with Gasteiger partial charge in [-0.3, -0.25) is 4.79 Å². The van der Waals surface area contributed by atoms with Gasteiger partial charge in [-0.25, -0.2) is 13.1 Å². The summed E-state index contributed by atoms with van der Waals surface area (Å²) in [6, 6.07) is 11.9. The van der Waals surface area contributed by atoms with Crippen molar-refractivity contribution in [3.63, 3.8) is 0 Å². The number of sulfonamides is 1. The number of methoxy groups -OCH3 is 1. The van der Waals surface area contributed by atoms with Crippen molar-refractivity contribution < 1.29 is 22.5 Å². The fourth-order valence-electron chi connectivity index (χ4n) is 3.42. The molecule has 1 aromatic heterocycles. The van der Waals surface area contributed by atoms with Gasteiger partial charge in [-0.1, -0.05) is 12.1 Å². The SMILES string of the molecule is CCC(=O)N1CCc2cc(S(=O)(=O)NCc3nc(-c4ccc(OC)cc4)no3)ccc21. The highest BCUT2D eigenvalue weighted by Crippen LogP contribution is 2.30. The molecule has 10 heteroatoms. The number of amides is 1. The van der Waals surface area contributed by atoms with Crippen molar-refractivity contribution in [2.24, 2.45) is 0 Å². The standard InChI is InChI=1S/C21H22N4O5S/c1-3-20(26)25-11-10-15-12-17(8-9-18(15)25)31(27,28)22-13-19-23-21(24-30-19)14-4-6-16(29-2)7-5-14/h4-9,12,22H,3,10-11,13H2,1-2H3.